The lowest BCUT2D eigenvalue weighted by Gasteiger charge is -2.18. The van der Waals surface area contributed by atoms with Crippen molar-refractivity contribution in [3.05, 3.63) is 122 Å². The van der Waals surface area contributed by atoms with Gasteiger partial charge in [-0.25, -0.2) is 0 Å². The highest BCUT2D eigenvalue weighted by Gasteiger charge is 2.19. The molecule has 0 aromatic rings. The second-order valence-corrected chi connectivity index (χ2v) is 20.2. The Morgan fingerprint density at radius 2 is 0.547 bits per heavy atom. The van der Waals surface area contributed by atoms with Gasteiger partial charge in [0, 0.05) is 19.3 Å². The number of carbonyl (C=O) groups excluding carboxylic acids is 3. The van der Waals surface area contributed by atoms with Crippen LogP contribution in [-0.4, -0.2) is 37.2 Å². The largest absolute Gasteiger partial charge is 0.462 e. The summed E-state index contributed by atoms with van der Waals surface area (Å²) in [6.07, 6.45) is 86.5. The molecular weight excluding hydrogens is 925 g/mol. The van der Waals surface area contributed by atoms with E-state index in [0.717, 1.165) is 116 Å². The first kappa shape index (κ1) is 70.8. The molecular formula is C69H114O6. The van der Waals surface area contributed by atoms with Crippen LogP contribution < -0.4 is 0 Å². The van der Waals surface area contributed by atoms with Crippen molar-refractivity contribution in [2.24, 2.45) is 0 Å². The van der Waals surface area contributed by atoms with Gasteiger partial charge in [-0.05, 0) is 116 Å². The second-order valence-electron chi connectivity index (χ2n) is 20.2. The third-order valence-electron chi connectivity index (χ3n) is 12.9. The van der Waals surface area contributed by atoms with Gasteiger partial charge in [-0.3, -0.25) is 14.4 Å². The molecule has 0 aromatic heterocycles. The Kier molecular flexibility index (Phi) is 58.9. The number of unbranched alkanes of at least 4 members (excludes halogenated alkanes) is 24. The molecule has 0 saturated heterocycles. The lowest BCUT2D eigenvalue weighted by Crippen LogP contribution is -2.30. The lowest BCUT2D eigenvalue weighted by molar-refractivity contribution is -0.166. The topological polar surface area (TPSA) is 78.9 Å². The van der Waals surface area contributed by atoms with Gasteiger partial charge in [0.2, 0.25) is 0 Å². The Morgan fingerprint density at radius 1 is 0.280 bits per heavy atom. The summed E-state index contributed by atoms with van der Waals surface area (Å²) in [4.78, 5) is 38.2. The van der Waals surface area contributed by atoms with Crippen LogP contribution in [0.4, 0.5) is 0 Å². The van der Waals surface area contributed by atoms with Crippen molar-refractivity contribution in [1.29, 1.82) is 0 Å². The van der Waals surface area contributed by atoms with Crippen LogP contribution in [0, 0.1) is 0 Å². The maximum atomic E-state index is 12.9. The Labute approximate surface area is 462 Å². The number of ether oxygens (including phenoxy) is 3. The number of hydrogen-bond donors (Lipinski definition) is 0. The molecule has 0 aromatic carbocycles. The predicted octanol–water partition coefficient (Wildman–Crippen LogP) is 21.2. The minimum Gasteiger partial charge on any atom is -0.462 e. The Hall–Kier alpha value is -4.19. The van der Waals surface area contributed by atoms with Crippen molar-refractivity contribution < 1.29 is 28.6 Å². The molecule has 75 heavy (non-hydrogen) atoms. The fraction of sp³-hybridized carbons (Fsp3) is 0.667. The Morgan fingerprint density at radius 3 is 0.907 bits per heavy atom. The van der Waals surface area contributed by atoms with E-state index in [9.17, 15) is 14.4 Å². The number of allylic oxidation sites excluding steroid dienone is 20. The SMILES string of the molecule is CC/C=C\C/C=C\C/C=C\C/C=C\C/C=C\CCCCCCCC(=O)OC(COC(=O)CC/C=C\C/C=C\C/C=C\C/C=C\CC)COC(=O)CCCCCCCCCCCCC/C=C\CCCCCCCCCC. The van der Waals surface area contributed by atoms with Crippen molar-refractivity contribution >= 4 is 17.9 Å². The molecule has 0 fully saturated rings. The molecule has 0 heterocycles. The fourth-order valence-corrected chi connectivity index (χ4v) is 8.36. The normalized spacial score (nSPS) is 12.9. The lowest BCUT2D eigenvalue weighted by atomic mass is 10.0. The number of carbonyl (C=O) groups is 3. The maximum absolute atomic E-state index is 12.9. The first-order chi connectivity index (χ1) is 37.0. The second kappa shape index (κ2) is 62.4. The first-order valence-corrected chi connectivity index (χ1v) is 31.0. The minimum absolute atomic E-state index is 0.111. The van der Waals surface area contributed by atoms with Gasteiger partial charge in [0.25, 0.3) is 0 Å². The Balaban J connectivity index is 4.42. The summed E-state index contributed by atoms with van der Waals surface area (Å²) < 4.78 is 16.8. The van der Waals surface area contributed by atoms with Gasteiger partial charge in [-0.2, -0.15) is 0 Å². The average Bonchev–Trinajstić information content (AvgIpc) is 3.41. The van der Waals surface area contributed by atoms with Gasteiger partial charge in [0.1, 0.15) is 13.2 Å². The molecule has 426 valence electrons. The molecule has 0 aliphatic heterocycles. The smallest absolute Gasteiger partial charge is 0.306 e. The van der Waals surface area contributed by atoms with E-state index < -0.39 is 6.10 Å². The predicted molar refractivity (Wildman–Crippen MR) is 325 cm³/mol. The summed E-state index contributed by atoms with van der Waals surface area (Å²) in [5, 5.41) is 0. The molecule has 6 nitrogen and oxygen atoms in total. The third-order valence-corrected chi connectivity index (χ3v) is 12.9. The molecule has 6 heteroatoms. The molecule has 0 N–H and O–H groups in total. The van der Waals surface area contributed by atoms with Crippen LogP contribution in [0.15, 0.2) is 122 Å². The molecule has 0 amide bonds. The van der Waals surface area contributed by atoms with Crippen LogP contribution in [0.1, 0.15) is 278 Å². The number of rotatable bonds is 55. The van der Waals surface area contributed by atoms with E-state index in [-0.39, 0.29) is 44.0 Å². The van der Waals surface area contributed by atoms with E-state index in [2.05, 4.69) is 136 Å². The van der Waals surface area contributed by atoms with E-state index in [0.29, 0.717) is 12.8 Å². The summed E-state index contributed by atoms with van der Waals surface area (Å²) in [5.74, 6) is -1.01. The summed E-state index contributed by atoms with van der Waals surface area (Å²) in [6.45, 7) is 6.34. The summed E-state index contributed by atoms with van der Waals surface area (Å²) in [7, 11) is 0. The monoisotopic (exact) mass is 1040 g/mol. The van der Waals surface area contributed by atoms with E-state index in [1.54, 1.807) is 0 Å². The van der Waals surface area contributed by atoms with Gasteiger partial charge < -0.3 is 14.2 Å². The van der Waals surface area contributed by atoms with E-state index >= 15 is 0 Å². The van der Waals surface area contributed by atoms with Crippen LogP contribution in [-0.2, 0) is 28.6 Å². The van der Waals surface area contributed by atoms with Gasteiger partial charge in [0.15, 0.2) is 6.10 Å². The van der Waals surface area contributed by atoms with Gasteiger partial charge in [-0.15, -0.1) is 0 Å². The molecule has 0 radical (unpaired) electrons. The number of hydrogen-bond acceptors (Lipinski definition) is 6. The van der Waals surface area contributed by atoms with Crippen molar-refractivity contribution in [3.63, 3.8) is 0 Å². The molecule has 0 aliphatic rings. The highest BCUT2D eigenvalue weighted by molar-refractivity contribution is 5.71. The fourth-order valence-electron chi connectivity index (χ4n) is 8.36. The summed E-state index contributed by atoms with van der Waals surface area (Å²) in [5.41, 5.74) is 0. The highest BCUT2D eigenvalue weighted by Crippen LogP contribution is 2.15. The van der Waals surface area contributed by atoms with Crippen molar-refractivity contribution in [3.8, 4) is 0 Å². The van der Waals surface area contributed by atoms with Gasteiger partial charge >= 0.3 is 17.9 Å². The zero-order valence-corrected chi connectivity index (χ0v) is 48.8. The van der Waals surface area contributed by atoms with Crippen LogP contribution in [0.5, 0.6) is 0 Å². The summed E-state index contributed by atoms with van der Waals surface area (Å²) in [6, 6.07) is 0. The third kappa shape index (κ3) is 60.6. The molecule has 1 atom stereocenters. The van der Waals surface area contributed by atoms with Crippen LogP contribution in [0.3, 0.4) is 0 Å². The summed E-state index contributed by atoms with van der Waals surface area (Å²) >= 11 is 0. The molecule has 0 bridgehead atoms. The van der Waals surface area contributed by atoms with Crippen molar-refractivity contribution in [2.75, 3.05) is 13.2 Å². The Bertz CT molecular complexity index is 1570. The average molecular weight is 1040 g/mol. The number of esters is 3. The van der Waals surface area contributed by atoms with Crippen LogP contribution in [0.25, 0.3) is 0 Å². The minimum atomic E-state index is -0.822. The highest BCUT2D eigenvalue weighted by atomic mass is 16.6. The first-order valence-electron chi connectivity index (χ1n) is 31.0. The van der Waals surface area contributed by atoms with Crippen LogP contribution in [0.2, 0.25) is 0 Å². The molecule has 0 rings (SSSR count). The maximum Gasteiger partial charge on any atom is 0.306 e. The standard InChI is InChI=1S/C69H114O6/c1-4-7-10-13-16-19-22-25-27-29-31-33-34-36-37-39-41-44-47-50-53-56-59-62-68(71)74-65-66(64-73-67(70)61-58-55-52-49-46-43-24-21-18-15-12-9-6-3)75-69(72)63-60-57-54-51-48-45-42-40-38-35-32-30-28-26-23-20-17-14-11-8-5-2/h8-9,11-12,17-18,20-21,26,28-29,31-32,35,40,42-43,46,52,55,66H,4-7,10,13-16,19,22-25,27,30,33-34,36-39,41,44-45,47-51,53-54,56-65H2,1-3H3/b11-8-,12-9-,20-17-,21-18-,28-26-,31-29-,35-32-,42-40-,46-43-,55-52-. The van der Waals surface area contributed by atoms with Crippen molar-refractivity contribution in [1.82, 2.24) is 0 Å². The quantitative estimate of drug-likeness (QED) is 0.0261. The molecule has 0 aliphatic carbocycles. The van der Waals surface area contributed by atoms with Gasteiger partial charge in [-0.1, -0.05) is 264 Å². The molecule has 0 saturated carbocycles. The molecule has 1 unspecified atom stereocenters. The molecule has 0 spiro atoms. The zero-order valence-electron chi connectivity index (χ0n) is 48.8. The van der Waals surface area contributed by atoms with Crippen molar-refractivity contribution in [2.45, 2.75) is 284 Å². The van der Waals surface area contributed by atoms with E-state index in [4.69, 9.17) is 14.2 Å². The van der Waals surface area contributed by atoms with E-state index in [1.807, 2.05) is 6.08 Å². The van der Waals surface area contributed by atoms with Gasteiger partial charge in [0.05, 0.1) is 0 Å². The van der Waals surface area contributed by atoms with Crippen LogP contribution >= 0.6 is 0 Å². The zero-order chi connectivity index (χ0) is 54.3. The van der Waals surface area contributed by atoms with E-state index in [1.165, 1.54) is 116 Å².